The van der Waals surface area contributed by atoms with E-state index in [4.69, 9.17) is 11.6 Å². The topological polar surface area (TPSA) is 76.4 Å². The van der Waals surface area contributed by atoms with Gasteiger partial charge in [-0.15, -0.1) is 0 Å². The largest absolute Gasteiger partial charge is 0.285 e. The molecule has 0 spiro atoms. The lowest BCUT2D eigenvalue weighted by atomic mass is 10.2. The summed E-state index contributed by atoms with van der Waals surface area (Å²) in [6, 6.07) is 15.9. The average Bonchev–Trinajstić information content (AvgIpc) is 3.06. The van der Waals surface area contributed by atoms with Crippen LogP contribution in [0.3, 0.4) is 0 Å². The summed E-state index contributed by atoms with van der Waals surface area (Å²) in [5.41, 5.74) is 2.64. The van der Waals surface area contributed by atoms with Crippen LogP contribution in [0.5, 0.6) is 0 Å². The van der Waals surface area contributed by atoms with Crippen LogP contribution in [0.15, 0.2) is 78.6 Å². The number of hydrogen-bond donors (Lipinski definition) is 1. The zero-order valence-corrected chi connectivity index (χ0v) is 16.1. The number of rotatable bonds is 5. The molecule has 0 aliphatic carbocycles. The highest BCUT2D eigenvalue weighted by Gasteiger charge is 2.18. The Morgan fingerprint density at radius 1 is 1.00 bits per heavy atom. The third-order valence-corrected chi connectivity index (χ3v) is 5.26. The fourth-order valence-electron chi connectivity index (χ4n) is 2.72. The van der Waals surface area contributed by atoms with Gasteiger partial charge in [-0.05, 0) is 48.0 Å². The van der Waals surface area contributed by atoms with Gasteiger partial charge < -0.3 is 0 Å². The van der Waals surface area contributed by atoms with Gasteiger partial charge in [0.05, 0.1) is 5.41 Å². The molecule has 0 fully saturated rings. The Hall–Kier alpha value is -3.16. The van der Waals surface area contributed by atoms with Crippen LogP contribution >= 0.6 is 11.6 Å². The van der Waals surface area contributed by atoms with E-state index in [9.17, 15) is 8.42 Å². The van der Waals surface area contributed by atoms with Gasteiger partial charge in [0.1, 0.15) is 11.3 Å². The number of nitrogens with one attached hydrogen (secondary N) is 1. The van der Waals surface area contributed by atoms with Gasteiger partial charge in [0.25, 0.3) is 10.0 Å². The molecule has 8 heteroatoms. The minimum absolute atomic E-state index is 0.363. The highest BCUT2D eigenvalue weighted by atomic mass is 35.5. The minimum atomic E-state index is -3.77. The molecule has 0 unspecified atom stereocenters. The molecule has 0 aliphatic rings. The van der Waals surface area contributed by atoms with Crippen molar-refractivity contribution in [3.05, 3.63) is 89.2 Å². The van der Waals surface area contributed by atoms with E-state index in [1.54, 1.807) is 59.4 Å². The van der Waals surface area contributed by atoms with Crippen molar-refractivity contribution in [1.82, 2.24) is 14.4 Å². The van der Waals surface area contributed by atoms with E-state index < -0.39 is 10.0 Å². The first-order chi connectivity index (χ1) is 13.5. The van der Waals surface area contributed by atoms with Crippen molar-refractivity contribution in [1.29, 1.82) is 0 Å². The van der Waals surface area contributed by atoms with Gasteiger partial charge in [0.15, 0.2) is 5.82 Å². The fraction of sp³-hybridized carbons (Fsp3) is 0. The van der Waals surface area contributed by atoms with Crippen molar-refractivity contribution in [2.45, 2.75) is 0 Å². The summed E-state index contributed by atoms with van der Waals surface area (Å²) in [4.78, 5) is 8.57. The molecule has 4 rings (SSSR count). The molecule has 28 heavy (non-hydrogen) atoms. The third kappa shape index (κ3) is 3.90. The number of sulfonamides is 1. The zero-order valence-electron chi connectivity index (χ0n) is 14.5. The first kappa shape index (κ1) is 18.2. The number of fused-ring (bicyclic) bond motifs is 1. The molecule has 140 valence electrons. The number of benzene rings is 1. The predicted octanol–water partition coefficient (Wildman–Crippen LogP) is 4.46. The molecule has 1 aromatic carbocycles. The first-order valence-corrected chi connectivity index (χ1v) is 10.3. The Morgan fingerprint density at radius 2 is 1.75 bits per heavy atom. The van der Waals surface area contributed by atoms with Gasteiger partial charge in [0, 0.05) is 29.2 Å². The van der Waals surface area contributed by atoms with Gasteiger partial charge in [0.2, 0.25) is 0 Å². The maximum atomic E-state index is 12.7. The maximum absolute atomic E-state index is 12.7. The summed E-state index contributed by atoms with van der Waals surface area (Å²) >= 11 is 5.86. The normalized spacial score (nSPS) is 11.9. The lowest BCUT2D eigenvalue weighted by Crippen LogP contribution is -2.11. The highest BCUT2D eigenvalue weighted by molar-refractivity contribution is 7.95. The molecule has 0 bridgehead atoms. The maximum Gasteiger partial charge on any atom is 0.256 e. The van der Waals surface area contributed by atoms with Crippen molar-refractivity contribution in [3.8, 4) is 11.3 Å². The molecular formula is C20H15ClN4O2S. The van der Waals surface area contributed by atoms with Gasteiger partial charge in [-0.1, -0.05) is 29.8 Å². The van der Waals surface area contributed by atoms with Crippen molar-refractivity contribution in [2.24, 2.45) is 0 Å². The van der Waals surface area contributed by atoms with E-state index in [1.807, 2.05) is 18.2 Å². The Bertz CT molecular complexity index is 1250. The molecular weight excluding hydrogens is 396 g/mol. The first-order valence-electron chi connectivity index (χ1n) is 8.36. The van der Waals surface area contributed by atoms with Crippen molar-refractivity contribution in [3.63, 3.8) is 0 Å². The molecule has 0 saturated heterocycles. The fourth-order valence-corrected chi connectivity index (χ4v) is 3.71. The van der Waals surface area contributed by atoms with E-state index >= 15 is 0 Å². The van der Waals surface area contributed by atoms with Gasteiger partial charge >= 0.3 is 0 Å². The van der Waals surface area contributed by atoms with E-state index in [-0.39, 0.29) is 0 Å². The average molecular weight is 411 g/mol. The van der Waals surface area contributed by atoms with E-state index in [2.05, 4.69) is 14.7 Å². The van der Waals surface area contributed by atoms with Crippen LogP contribution < -0.4 is 4.72 Å². The molecule has 0 atom stereocenters. The van der Waals surface area contributed by atoms with Crippen LogP contribution in [0.4, 0.5) is 5.82 Å². The number of aromatic nitrogens is 3. The molecule has 4 aromatic rings. The molecule has 6 nitrogen and oxygen atoms in total. The smallest absolute Gasteiger partial charge is 0.256 e. The van der Waals surface area contributed by atoms with Crippen LogP contribution in [0.1, 0.15) is 5.56 Å². The minimum Gasteiger partial charge on any atom is -0.285 e. The summed E-state index contributed by atoms with van der Waals surface area (Å²) < 4.78 is 29.7. The van der Waals surface area contributed by atoms with Gasteiger partial charge in [-0.2, -0.15) is 0 Å². The van der Waals surface area contributed by atoms with Crippen LogP contribution in [-0.4, -0.2) is 22.8 Å². The SMILES string of the molecule is O=S(=O)(/C=C/c1ccc(Cl)cc1)Nc1c(-c2ccncc2)nc2ccccn12. The second-order valence-electron chi connectivity index (χ2n) is 5.98. The Labute approximate surface area is 167 Å². The lowest BCUT2D eigenvalue weighted by Gasteiger charge is -2.07. The number of hydrogen-bond acceptors (Lipinski definition) is 4. The van der Waals surface area contributed by atoms with Crippen LogP contribution in [0, 0.1) is 0 Å². The van der Waals surface area contributed by atoms with Crippen LogP contribution in [0.25, 0.3) is 23.0 Å². The van der Waals surface area contributed by atoms with Crippen LogP contribution in [0.2, 0.25) is 5.02 Å². The van der Waals surface area contributed by atoms with E-state index in [1.165, 1.54) is 6.08 Å². The lowest BCUT2D eigenvalue weighted by molar-refractivity contribution is 0.609. The van der Waals surface area contributed by atoms with Gasteiger partial charge in [-0.25, -0.2) is 13.4 Å². The molecule has 0 amide bonds. The predicted molar refractivity (Wildman–Crippen MR) is 111 cm³/mol. The quantitative estimate of drug-likeness (QED) is 0.527. The van der Waals surface area contributed by atoms with E-state index in [0.717, 1.165) is 16.5 Å². The Morgan fingerprint density at radius 3 is 2.50 bits per heavy atom. The number of nitrogens with zero attached hydrogens (tertiary/aromatic N) is 3. The van der Waals surface area contributed by atoms with Crippen molar-refractivity contribution in [2.75, 3.05) is 4.72 Å². The molecule has 0 radical (unpaired) electrons. The summed E-state index contributed by atoms with van der Waals surface area (Å²) in [6.45, 7) is 0. The second-order valence-corrected chi connectivity index (χ2v) is 7.98. The number of anilines is 1. The molecule has 3 heterocycles. The standard InChI is InChI=1S/C20H15ClN4O2S/c21-17-6-4-15(5-7-17)10-14-28(26,27)24-20-19(16-8-11-22-12-9-16)23-18-3-1-2-13-25(18)20/h1-14,24H/b14-10+. The van der Waals surface area contributed by atoms with Crippen molar-refractivity contribution < 1.29 is 8.42 Å². The Kier molecular flexibility index (Phi) is 4.85. The number of imidazole rings is 1. The van der Waals surface area contributed by atoms with Gasteiger partial charge in [-0.3, -0.25) is 14.1 Å². The summed E-state index contributed by atoms with van der Waals surface area (Å²) in [5, 5.41) is 1.71. The number of pyridine rings is 2. The molecule has 0 saturated carbocycles. The summed E-state index contributed by atoms with van der Waals surface area (Å²) in [5.74, 6) is 0.363. The zero-order chi connectivity index (χ0) is 19.6. The Balaban J connectivity index is 1.73. The van der Waals surface area contributed by atoms with E-state index in [0.29, 0.717) is 22.2 Å². The molecule has 3 aromatic heterocycles. The third-order valence-electron chi connectivity index (χ3n) is 4.03. The second kappa shape index (κ2) is 7.46. The van der Waals surface area contributed by atoms with Crippen LogP contribution in [-0.2, 0) is 10.0 Å². The summed E-state index contributed by atoms with van der Waals surface area (Å²) in [6.07, 6.45) is 6.54. The van der Waals surface area contributed by atoms with Crippen molar-refractivity contribution >= 4 is 39.2 Å². The molecule has 1 N–H and O–H groups in total. The highest BCUT2D eigenvalue weighted by Crippen LogP contribution is 2.29. The monoisotopic (exact) mass is 410 g/mol. The molecule has 0 aliphatic heterocycles. The summed E-state index contributed by atoms with van der Waals surface area (Å²) in [7, 11) is -3.77. The number of halogens is 1.